The lowest BCUT2D eigenvalue weighted by Gasteiger charge is -2.20. The summed E-state index contributed by atoms with van der Waals surface area (Å²) in [6.07, 6.45) is 0. The van der Waals surface area contributed by atoms with Gasteiger partial charge in [-0.05, 0) is 25.6 Å². The molecule has 0 radical (unpaired) electrons. The lowest BCUT2D eigenvalue weighted by atomic mass is 10.1. The van der Waals surface area contributed by atoms with Gasteiger partial charge in [0.15, 0.2) is 11.5 Å². The SMILES string of the molecule is COC(=O)c1sc2nc(CN(C)Cc3ccc(OC)c(OC)c3OC)[nH]c(=O)c2c1C. The summed E-state index contributed by atoms with van der Waals surface area (Å²) in [5.41, 5.74) is 1.20. The number of carbonyl (C=O) groups excluding carboxylic acids is 1. The number of aromatic amines is 1. The van der Waals surface area contributed by atoms with E-state index in [2.05, 4.69) is 9.97 Å². The Labute approximate surface area is 183 Å². The van der Waals surface area contributed by atoms with E-state index in [0.29, 0.717) is 56.8 Å². The van der Waals surface area contributed by atoms with Crippen molar-refractivity contribution >= 4 is 27.5 Å². The van der Waals surface area contributed by atoms with Crippen LogP contribution in [0.5, 0.6) is 17.2 Å². The number of ether oxygens (including phenoxy) is 4. The van der Waals surface area contributed by atoms with Gasteiger partial charge in [0.2, 0.25) is 5.75 Å². The molecule has 0 aliphatic rings. The largest absolute Gasteiger partial charge is 0.493 e. The quantitative estimate of drug-likeness (QED) is 0.526. The van der Waals surface area contributed by atoms with Crippen molar-refractivity contribution in [2.45, 2.75) is 20.0 Å². The van der Waals surface area contributed by atoms with Crippen molar-refractivity contribution in [2.75, 3.05) is 35.5 Å². The number of nitrogens with one attached hydrogen (secondary N) is 1. The zero-order valence-corrected chi connectivity index (χ0v) is 19.1. The van der Waals surface area contributed by atoms with Crippen LogP contribution in [-0.4, -0.2) is 56.3 Å². The Balaban J connectivity index is 1.88. The Morgan fingerprint density at radius 1 is 1.10 bits per heavy atom. The second-order valence-electron chi connectivity index (χ2n) is 6.91. The van der Waals surface area contributed by atoms with E-state index in [9.17, 15) is 9.59 Å². The van der Waals surface area contributed by atoms with Crippen LogP contribution in [0, 0.1) is 6.92 Å². The standard InChI is InChI=1S/C21H25N3O6S/c1-11-15-19(25)22-14(23-20(15)31-18(11)21(26)30-6)10-24(2)9-12-7-8-13(27-3)17(29-5)16(12)28-4/h7-8H,9-10H2,1-6H3,(H,22,23,25). The molecule has 1 aromatic carbocycles. The molecule has 3 aromatic rings. The van der Waals surface area contributed by atoms with Crippen molar-refractivity contribution < 1.29 is 23.7 Å². The van der Waals surface area contributed by atoms with Crippen LogP contribution < -0.4 is 19.8 Å². The summed E-state index contributed by atoms with van der Waals surface area (Å²) in [7, 11) is 7.92. The maximum Gasteiger partial charge on any atom is 0.348 e. The second kappa shape index (κ2) is 9.36. The molecule has 3 rings (SSSR count). The number of rotatable bonds is 8. The lowest BCUT2D eigenvalue weighted by molar-refractivity contribution is 0.0605. The van der Waals surface area contributed by atoms with E-state index >= 15 is 0 Å². The molecule has 0 atom stereocenters. The Hall–Kier alpha value is -3.11. The summed E-state index contributed by atoms with van der Waals surface area (Å²) < 4.78 is 21.1. The van der Waals surface area contributed by atoms with Crippen molar-refractivity contribution in [3.63, 3.8) is 0 Å². The molecule has 2 heterocycles. The number of fused-ring (bicyclic) bond motifs is 1. The molecule has 166 valence electrons. The number of thiophene rings is 1. The number of carbonyl (C=O) groups is 1. The molecule has 0 spiro atoms. The maximum absolute atomic E-state index is 12.6. The topological polar surface area (TPSA) is 103 Å². The number of H-pyrrole nitrogens is 1. The summed E-state index contributed by atoms with van der Waals surface area (Å²) in [5, 5.41) is 0.415. The van der Waals surface area contributed by atoms with Gasteiger partial charge in [-0.25, -0.2) is 9.78 Å². The van der Waals surface area contributed by atoms with Crippen LogP contribution in [-0.2, 0) is 17.8 Å². The average Bonchev–Trinajstić information content (AvgIpc) is 3.09. The highest BCUT2D eigenvalue weighted by Gasteiger charge is 2.21. The Morgan fingerprint density at radius 2 is 1.81 bits per heavy atom. The molecule has 0 saturated carbocycles. The van der Waals surface area contributed by atoms with Gasteiger partial charge in [-0.2, -0.15) is 0 Å². The van der Waals surface area contributed by atoms with Crippen molar-refractivity contribution in [3.05, 3.63) is 44.3 Å². The van der Waals surface area contributed by atoms with E-state index in [0.717, 1.165) is 16.9 Å². The van der Waals surface area contributed by atoms with E-state index in [1.165, 1.54) is 7.11 Å². The molecule has 0 saturated heterocycles. The molecular weight excluding hydrogens is 422 g/mol. The molecule has 10 heteroatoms. The van der Waals surface area contributed by atoms with E-state index in [-0.39, 0.29) is 5.56 Å². The Morgan fingerprint density at radius 3 is 2.42 bits per heavy atom. The summed E-state index contributed by atoms with van der Waals surface area (Å²) in [4.78, 5) is 34.8. The number of aryl methyl sites for hydroxylation is 1. The van der Waals surface area contributed by atoms with E-state index in [1.54, 1.807) is 28.3 Å². The highest BCUT2D eigenvalue weighted by Crippen LogP contribution is 2.40. The third-order valence-corrected chi connectivity index (χ3v) is 6.03. The van der Waals surface area contributed by atoms with Crippen LogP contribution in [0.25, 0.3) is 10.2 Å². The van der Waals surface area contributed by atoms with Gasteiger partial charge < -0.3 is 23.9 Å². The smallest absolute Gasteiger partial charge is 0.348 e. The lowest BCUT2D eigenvalue weighted by Crippen LogP contribution is -2.22. The number of nitrogens with zero attached hydrogens (tertiary/aromatic N) is 2. The highest BCUT2D eigenvalue weighted by molar-refractivity contribution is 7.20. The molecule has 0 fully saturated rings. The van der Waals surface area contributed by atoms with Crippen LogP contribution in [0.4, 0.5) is 0 Å². The van der Waals surface area contributed by atoms with Gasteiger partial charge in [-0.3, -0.25) is 9.69 Å². The van der Waals surface area contributed by atoms with Gasteiger partial charge >= 0.3 is 5.97 Å². The van der Waals surface area contributed by atoms with E-state index in [1.807, 2.05) is 24.1 Å². The zero-order valence-electron chi connectivity index (χ0n) is 18.3. The van der Waals surface area contributed by atoms with Crippen molar-refractivity contribution in [1.82, 2.24) is 14.9 Å². The first-order chi connectivity index (χ1) is 14.8. The number of methoxy groups -OCH3 is 4. The molecule has 0 bridgehead atoms. The molecule has 2 aromatic heterocycles. The predicted molar refractivity (Wildman–Crippen MR) is 118 cm³/mol. The summed E-state index contributed by atoms with van der Waals surface area (Å²) in [5.74, 6) is 1.71. The van der Waals surface area contributed by atoms with Crippen LogP contribution in [0.1, 0.15) is 26.6 Å². The number of hydrogen-bond donors (Lipinski definition) is 1. The molecular formula is C21H25N3O6S. The minimum atomic E-state index is -0.473. The van der Waals surface area contributed by atoms with Crippen LogP contribution in [0.3, 0.4) is 0 Å². The number of esters is 1. The van der Waals surface area contributed by atoms with Gasteiger partial charge in [0.25, 0.3) is 5.56 Å². The molecule has 0 amide bonds. The van der Waals surface area contributed by atoms with Crippen molar-refractivity contribution in [2.24, 2.45) is 0 Å². The van der Waals surface area contributed by atoms with Crippen molar-refractivity contribution in [3.8, 4) is 17.2 Å². The molecule has 9 nitrogen and oxygen atoms in total. The molecule has 0 aliphatic carbocycles. The minimum absolute atomic E-state index is 0.277. The molecule has 1 N–H and O–H groups in total. The molecule has 31 heavy (non-hydrogen) atoms. The van der Waals surface area contributed by atoms with E-state index in [4.69, 9.17) is 18.9 Å². The van der Waals surface area contributed by atoms with Gasteiger partial charge in [-0.15, -0.1) is 11.3 Å². The van der Waals surface area contributed by atoms with Gasteiger partial charge in [0.1, 0.15) is 15.5 Å². The average molecular weight is 448 g/mol. The summed E-state index contributed by atoms with van der Waals surface area (Å²) in [6.45, 7) is 2.62. The van der Waals surface area contributed by atoms with Gasteiger partial charge in [-0.1, -0.05) is 6.07 Å². The normalized spacial score (nSPS) is 11.1. The summed E-state index contributed by atoms with van der Waals surface area (Å²) in [6, 6.07) is 3.72. The van der Waals surface area contributed by atoms with Gasteiger partial charge in [0, 0.05) is 12.1 Å². The predicted octanol–water partition coefficient (Wildman–Crippen LogP) is 2.74. The maximum atomic E-state index is 12.6. The molecule has 0 aliphatic heterocycles. The Bertz CT molecular complexity index is 1170. The Kier molecular flexibility index (Phi) is 6.81. The third-order valence-electron chi connectivity index (χ3n) is 4.87. The number of hydrogen-bond acceptors (Lipinski definition) is 9. The fourth-order valence-corrected chi connectivity index (χ4v) is 4.56. The third kappa shape index (κ3) is 4.35. The zero-order chi connectivity index (χ0) is 22.7. The second-order valence-corrected chi connectivity index (χ2v) is 7.91. The fraction of sp³-hybridized carbons (Fsp3) is 0.381. The van der Waals surface area contributed by atoms with E-state index < -0.39 is 5.97 Å². The first kappa shape index (κ1) is 22.6. The molecule has 0 unspecified atom stereocenters. The van der Waals surface area contributed by atoms with Crippen LogP contribution >= 0.6 is 11.3 Å². The first-order valence-electron chi connectivity index (χ1n) is 9.41. The van der Waals surface area contributed by atoms with Crippen LogP contribution in [0.15, 0.2) is 16.9 Å². The van der Waals surface area contributed by atoms with Crippen molar-refractivity contribution in [1.29, 1.82) is 0 Å². The number of benzene rings is 1. The monoisotopic (exact) mass is 447 g/mol. The minimum Gasteiger partial charge on any atom is -0.493 e. The number of aromatic nitrogens is 2. The first-order valence-corrected chi connectivity index (χ1v) is 10.2. The van der Waals surface area contributed by atoms with Gasteiger partial charge in [0.05, 0.1) is 40.4 Å². The van der Waals surface area contributed by atoms with Crippen LogP contribution in [0.2, 0.25) is 0 Å². The highest BCUT2D eigenvalue weighted by atomic mass is 32.1. The fourth-order valence-electron chi connectivity index (χ4n) is 3.44. The summed E-state index contributed by atoms with van der Waals surface area (Å²) >= 11 is 1.16.